The Morgan fingerprint density at radius 3 is 2.67 bits per heavy atom. The van der Waals surface area contributed by atoms with Gasteiger partial charge >= 0.3 is 0 Å². The fraction of sp³-hybridized carbons (Fsp3) is 0.308. The van der Waals surface area contributed by atoms with Gasteiger partial charge in [0.15, 0.2) is 0 Å². The number of nitrogens with one attached hydrogen (secondary N) is 1. The Hall–Kier alpha value is -3.59. The predicted octanol–water partition coefficient (Wildman–Crippen LogP) is 6.90. The van der Waals surface area contributed by atoms with Crippen molar-refractivity contribution < 1.29 is 13.5 Å². The lowest BCUT2D eigenvalue weighted by Crippen LogP contribution is -2.48. The third kappa shape index (κ3) is 3.87. The van der Waals surface area contributed by atoms with Crippen LogP contribution in [0.3, 0.4) is 0 Å². The van der Waals surface area contributed by atoms with Gasteiger partial charge in [-0.2, -0.15) is 5.10 Å². The molecule has 10 heteroatoms. The highest BCUT2D eigenvalue weighted by atomic mass is 35.5. The van der Waals surface area contributed by atoms with Crippen molar-refractivity contribution in [3.8, 4) is 22.8 Å². The molecular formula is C26H23ClF2N6O. The highest BCUT2D eigenvalue weighted by molar-refractivity contribution is 6.36. The second kappa shape index (κ2) is 7.96. The number of aromatic amines is 1. The number of rotatable bonds is 5. The number of ether oxygens (including phenoxy) is 1. The quantitative estimate of drug-likeness (QED) is 0.279. The number of benzene rings is 2. The Kier molecular flexibility index (Phi) is 5.05. The summed E-state index contributed by atoms with van der Waals surface area (Å²) in [6.45, 7) is 5.75. The van der Waals surface area contributed by atoms with E-state index in [1.165, 1.54) is 0 Å². The maximum absolute atomic E-state index is 13.5. The third-order valence-corrected chi connectivity index (χ3v) is 7.34. The van der Waals surface area contributed by atoms with Crippen LogP contribution in [0.15, 0.2) is 48.9 Å². The van der Waals surface area contributed by atoms with Crippen LogP contribution < -0.4 is 4.74 Å². The van der Waals surface area contributed by atoms with Gasteiger partial charge in [-0.3, -0.25) is 9.67 Å². The summed E-state index contributed by atoms with van der Waals surface area (Å²) in [5, 5.41) is 4.80. The summed E-state index contributed by atoms with van der Waals surface area (Å²) < 4.78 is 34.7. The van der Waals surface area contributed by atoms with E-state index in [4.69, 9.17) is 21.3 Å². The molecule has 2 aromatic carbocycles. The molecule has 0 amide bonds. The molecule has 5 aromatic rings. The standard InChI is InChI=1S/C26H23ClF2N6O/c1-14-32-18-5-4-17(8-20(18)33-14)36-22-7-6-19-24(23(22)27)34-21(12-30-19)15-11-31-35(13-15)25(2,3)16-9-26(28,29)10-16/h4-8,11-13,16H,9-10H2,1-3H3,(H,32,33). The Bertz CT molecular complexity index is 1620. The molecule has 0 atom stereocenters. The minimum absolute atomic E-state index is 0.129. The monoisotopic (exact) mass is 508 g/mol. The van der Waals surface area contributed by atoms with Crippen LogP contribution >= 0.6 is 11.6 Å². The van der Waals surface area contributed by atoms with Crippen LogP contribution in [0.2, 0.25) is 5.02 Å². The number of aryl methyl sites for hydroxylation is 1. The van der Waals surface area contributed by atoms with E-state index in [2.05, 4.69) is 20.1 Å². The van der Waals surface area contributed by atoms with E-state index in [9.17, 15) is 8.78 Å². The molecule has 0 spiro atoms. The van der Waals surface area contributed by atoms with Gasteiger partial charge in [-0.25, -0.2) is 18.7 Å². The van der Waals surface area contributed by atoms with Crippen LogP contribution in [-0.4, -0.2) is 35.6 Å². The molecule has 7 nitrogen and oxygen atoms in total. The summed E-state index contributed by atoms with van der Waals surface area (Å²) in [7, 11) is 0. The van der Waals surface area contributed by atoms with Crippen LogP contribution in [0.1, 0.15) is 32.5 Å². The van der Waals surface area contributed by atoms with Crippen LogP contribution in [-0.2, 0) is 5.54 Å². The molecule has 1 fully saturated rings. The lowest BCUT2D eigenvalue weighted by atomic mass is 9.70. The van der Waals surface area contributed by atoms with Crippen LogP contribution in [0, 0.1) is 12.8 Å². The first-order chi connectivity index (χ1) is 17.1. The molecule has 0 radical (unpaired) electrons. The Balaban J connectivity index is 1.30. The number of hydrogen-bond donors (Lipinski definition) is 1. The topological polar surface area (TPSA) is 81.5 Å². The first-order valence-corrected chi connectivity index (χ1v) is 12.0. The third-order valence-electron chi connectivity index (χ3n) is 6.98. The van der Waals surface area contributed by atoms with Crippen molar-refractivity contribution in [3.05, 3.63) is 59.8 Å². The van der Waals surface area contributed by atoms with Gasteiger partial charge in [0.05, 0.1) is 40.2 Å². The van der Waals surface area contributed by atoms with Gasteiger partial charge in [0.2, 0.25) is 5.92 Å². The van der Waals surface area contributed by atoms with Crippen molar-refractivity contribution in [1.82, 2.24) is 29.7 Å². The van der Waals surface area contributed by atoms with Crippen molar-refractivity contribution in [1.29, 1.82) is 0 Å². The van der Waals surface area contributed by atoms with E-state index in [0.29, 0.717) is 33.2 Å². The number of alkyl halides is 2. The smallest absolute Gasteiger partial charge is 0.248 e. The Labute approximate surface area is 210 Å². The molecule has 3 heterocycles. The Morgan fingerprint density at radius 1 is 1.11 bits per heavy atom. The fourth-order valence-electron chi connectivity index (χ4n) is 4.67. The zero-order chi connectivity index (χ0) is 25.2. The van der Waals surface area contributed by atoms with Crippen LogP contribution in [0.5, 0.6) is 11.5 Å². The summed E-state index contributed by atoms with van der Waals surface area (Å²) >= 11 is 6.71. The summed E-state index contributed by atoms with van der Waals surface area (Å²) in [4.78, 5) is 16.8. The minimum atomic E-state index is -2.58. The van der Waals surface area contributed by atoms with Gasteiger partial charge in [0.25, 0.3) is 0 Å². The molecule has 1 saturated carbocycles. The molecule has 184 valence electrons. The van der Waals surface area contributed by atoms with Gasteiger partial charge in [-0.05, 0) is 51.0 Å². The van der Waals surface area contributed by atoms with Crippen LogP contribution in [0.25, 0.3) is 33.3 Å². The minimum Gasteiger partial charge on any atom is -0.456 e. The molecule has 0 unspecified atom stereocenters. The molecule has 3 aromatic heterocycles. The Morgan fingerprint density at radius 2 is 1.89 bits per heavy atom. The maximum atomic E-state index is 13.5. The molecule has 0 saturated heterocycles. The highest BCUT2D eigenvalue weighted by Crippen LogP contribution is 2.50. The predicted molar refractivity (Wildman–Crippen MR) is 134 cm³/mol. The highest BCUT2D eigenvalue weighted by Gasteiger charge is 2.52. The number of H-pyrrole nitrogens is 1. The number of halogens is 3. The van der Waals surface area contributed by atoms with E-state index >= 15 is 0 Å². The van der Waals surface area contributed by atoms with Crippen molar-refractivity contribution in [2.75, 3.05) is 0 Å². The zero-order valence-corrected chi connectivity index (χ0v) is 20.6. The molecule has 1 aliphatic rings. The second-order valence-electron chi connectivity index (χ2n) is 9.89. The van der Waals surface area contributed by atoms with Gasteiger partial charge < -0.3 is 9.72 Å². The van der Waals surface area contributed by atoms with Crippen molar-refractivity contribution in [3.63, 3.8) is 0 Å². The zero-order valence-electron chi connectivity index (χ0n) is 19.9. The van der Waals surface area contributed by atoms with Gasteiger partial charge in [0.1, 0.15) is 27.9 Å². The number of hydrogen-bond acceptors (Lipinski definition) is 5. The van der Waals surface area contributed by atoms with Crippen molar-refractivity contribution >= 4 is 33.7 Å². The first-order valence-electron chi connectivity index (χ1n) is 11.6. The first kappa shape index (κ1) is 22.8. The average Bonchev–Trinajstić information content (AvgIpc) is 3.46. The van der Waals surface area contributed by atoms with E-state index in [1.807, 2.05) is 45.2 Å². The van der Waals surface area contributed by atoms with E-state index < -0.39 is 11.5 Å². The van der Waals surface area contributed by atoms with Gasteiger partial charge in [-0.1, -0.05) is 11.6 Å². The number of fused-ring (bicyclic) bond motifs is 2. The molecule has 36 heavy (non-hydrogen) atoms. The van der Waals surface area contributed by atoms with Crippen LogP contribution in [0.4, 0.5) is 8.78 Å². The van der Waals surface area contributed by atoms with E-state index in [1.54, 1.807) is 29.2 Å². The lowest BCUT2D eigenvalue weighted by molar-refractivity contribution is -0.140. The van der Waals surface area contributed by atoms with E-state index in [-0.39, 0.29) is 18.8 Å². The summed E-state index contributed by atoms with van der Waals surface area (Å²) in [6.07, 6.45) is 4.89. The number of imidazole rings is 1. The number of nitrogens with zero attached hydrogens (tertiary/aromatic N) is 5. The lowest BCUT2D eigenvalue weighted by Gasteiger charge is -2.45. The van der Waals surface area contributed by atoms with Crippen molar-refractivity contribution in [2.45, 2.75) is 45.1 Å². The summed E-state index contributed by atoms with van der Waals surface area (Å²) in [5.41, 5.74) is 3.61. The summed E-state index contributed by atoms with van der Waals surface area (Å²) in [5.74, 6) is -0.843. The molecule has 1 aliphatic carbocycles. The molecule has 1 N–H and O–H groups in total. The van der Waals surface area contributed by atoms with Crippen molar-refractivity contribution in [2.24, 2.45) is 5.92 Å². The van der Waals surface area contributed by atoms with Gasteiger partial charge in [-0.15, -0.1) is 0 Å². The second-order valence-corrected chi connectivity index (χ2v) is 10.3. The maximum Gasteiger partial charge on any atom is 0.248 e. The molecular weight excluding hydrogens is 486 g/mol. The largest absolute Gasteiger partial charge is 0.456 e. The fourth-order valence-corrected chi connectivity index (χ4v) is 4.91. The molecule has 6 rings (SSSR count). The van der Waals surface area contributed by atoms with Gasteiger partial charge in [0, 0.05) is 30.7 Å². The average molecular weight is 509 g/mol. The number of aromatic nitrogens is 6. The molecule has 0 aliphatic heterocycles. The summed E-state index contributed by atoms with van der Waals surface area (Å²) in [6, 6.07) is 9.14. The van der Waals surface area contributed by atoms with E-state index in [0.717, 1.165) is 22.4 Å². The normalized spacial score (nSPS) is 15.9. The molecule has 0 bridgehead atoms. The SMILES string of the molecule is Cc1nc2ccc(Oc3ccc4ncc(-c5cnn(C(C)(C)C6CC(F)(F)C6)c5)nc4c3Cl)cc2[nH]1.